The van der Waals surface area contributed by atoms with Crippen LogP contribution in [0.4, 0.5) is 5.95 Å². The third-order valence-corrected chi connectivity index (χ3v) is 1.79. The molecule has 0 saturated heterocycles. The Morgan fingerprint density at radius 3 is 2.93 bits per heavy atom. The van der Waals surface area contributed by atoms with Crippen LogP contribution in [0.2, 0.25) is 0 Å². The molecule has 0 aromatic carbocycles. The minimum atomic E-state index is 0.194. The highest BCUT2D eigenvalue weighted by molar-refractivity contribution is 5.32. The second kappa shape index (κ2) is 3.91. The van der Waals surface area contributed by atoms with Gasteiger partial charge in [0.1, 0.15) is 5.75 Å². The molecule has 5 heteroatoms. The number of nitrogen functional groups attached to an aromatic ring is 1. The first-order chi connectivity index (χ1) is 7.25. The molecule has 0 amide bonds. The summed E-state index contributed by atoms with van der Waals surface area (Å²) in [6, 6.07) is 3.58. The Morgan fingerprint density at radius 2 is 2.20 bits per heavy atom. The Kier molecular flexibility index (Phi) is 2.45. The number of hydrogen-bond donors (Lipinski definition) is 1. The van der Waals surface area contributed by atoms with Crippen LogP contribution in [0.25, 0.3) is 0 Å². The van der Waals surface area contributed by atoms with Crippen molar-refractivity contribution in [1.29, 1.82) is 0 Å². The van der Waals surface area contributed by atoms with Crippen LogP contribution in [0.1, 0.15) is 5.56 Å². The maximum atomic E-state index is 5.50. The lowest BCUT2D eigenvalue weighted by Crippen LogP contribution is -1.98. The molecular weight excluding hydrogens is 192 g/mol. The highest BCUT2D eigenvalue weighted by atomic mass is 16.5. The molecule has 5 nitrogen and oxygen atoms in total. The number of rotatable bonds is 2. The van der Waals surface area contributed by atoms with Gasteiger partial charge in [-0.3, -0.25) is 4.98 Å². The minimum absolute atomic E-state index is 0.194. The number of nitrogens with two attached hydrogens (primary N) is 1. The first-order valence-electron chi connectivity index (χ1n) is 4.43. The third-order valence-electron chi connectivity index (χ3n) is 1.79. The number of aryl methyl sites for hydroxylation is 1. The largest absolute Gasteiger partial charge is 0.437 e. The van der Waals surface area contributed by atoms with Crippen molar-refractivity contribution in [3.05, 3.63) is 36.3 Å². The summed E-state index contributed by atoms with van der Waals surface area (Å²) < 4.78 is 5.50. The van der Waals surface area contributed by atoms with E-state index in [1.165, 1.54) is 0 Å². The van der Waals surface area contributed by atoms with Gasteiger partial charge in [0.15, 0.2) is 0 Å². The van der Waals surface area contributed by atoms with Gasteiger partial charge in [-0.2, -0.15) is 4.98 Å². The fourth-order valence-electron chi connectivity index (χ4n) is 1.06. The van der Waals surface area contributed by atoms with E-state index in [1.54, 1.807) is 30.7 Å². The molecule has 2 N–H and O–H groups in total. The molecule has 0 unspecified atom stereocenters. The number of pyridine rings is 1. The molecular formula is C10H10N4O. The monoisotopic (exact) mass is 202 g/mol. The molecule has 0 aliphatic rings. The lowest BCUT2D eigenvalue weighted by Gasteiger charge is -2.06. The summed E-state index contributed by atoms with van der Waals surface area (Å²) in [4.78, 5) is 11.8. The summed E-state index contributed by atoms with van der Waals surface area (Å²) in [5, 5.41) is 0. The summed E-state index contributed by atoms with van der Waals surface area (Å²) >= 11 is 0. The van der Waals surface area contributed by atoms with Crippen molar-refractivity contribution >= 4 is 5.95 Å². The lowest BCUT2D eigenvalue weighted by molar-refractivity contribution is 0.456. The predicted octanol–water partition coefficient (Wildman–Crippen LogP) is 1.55. The fraction of sp³-hybridized carbons (Fsp3) is 0.100. The van der Waals surface area contributed by atoms with Crippen molar-refractivity contribution in [2.24, 2.45) is 0 Å². The summed E-state index contributed by atoms with van der Waals surface area (Å²) in [7, 11) is 0. The van der Waals surface area contributed by atoms with Crippen molar-refractivity contribution in [2.75, 3.05) is 5.73 Å². The Hall–Kier alpha value is -2.17. The molecule has 0 bridgehead atoms. The normalized spacial score (nSPS) is 9.93. The molecule has 0 atom stereocenters. The Balaban J connectivity index is 2.28. The summed E-state index contributed by atoms with van der Waals surface area (Å²) in [6.07, 6.45) is 4.90. The van der Waals surface area contributed by atoms with E-state index in [4.69, 9.17) is 10.5 Å². The second-order valence-electron chi connectivity index (χ2n) is 3.01. The predicted molar refractivity (Wildman–Crippen MR) is 55.5 cm³/mol. The Bertz CT molecular complexity index is 458. The van der Waals surface area contributed by atoms with E-state index < -0.39 is 0 Å². The number of ether oxygens (including phenoxy) is 1. The lowest BCUT2D eigenvalue weighted by atomic mass is 10.4. The van der Waals surface area contributed by atoms with Gasteiger partial charge in [0.25, 0.3) is 0 Å². The summed E-state index contributed by atoms with van der Waals surface area (Å²) in [6.45, 7) is 1.85. The smallest absolute Gasteiger partial charge is 0.227 e. The Morgan fingerprint density at radius 1 is 1.33 bits per heavy atom. The van der Waals surface area contributed by atoms with Crippen molar-refractivity contribution in [3.63, 3.8) is 0 Å². The fourth-order valence-corrected chi connectivity index (χ4v) is 1.06. The van der Waals surface area contributed by atoms with Crippen LogP contribution in [0.5, 0.6) is 11.6 Å². The van der Waals surface area contributed by atoms with Crippen LogP contribution in [0.15, 0.2) is 30.7 Å². The molecule has 0 radical (unpaired) electrons. The quantitative estimate of drug-likeness (QED) is 0.799. The SMILES string of the molecule is Cc1cnc(N)nc1Oc1cccnc1. The Labute approximate surface area is 87.0 Å². The van der Waals surface area contributed by atoms with Gasteiger partial charge in [0.05, 0.1) is 6.20 Å². The van der Waals surface area contributed by atoms with Crippen molar-refractivity contribution in [2.45, 2.75) is 6.92 Å². The molecule has 0 fully saturated rings. The molecule has 76 valence electrons. The topological polar surface area (TPSA) is 73.9 Å². The molecule has 2 aromatic rings. The third kappa shape index (κ3) is 2.19. The van der Waals surface area contributed by atoms with Gasteiger partial charge < -0.3 is 10.5 Å². The van der Waals surface area contributed by atoms with Gasteiger partial charge in [-0.25, -0.2) is 4.98 Å². The number of anilines is 1. The van der Waals surface area contributed by atoms with E-state index in [0.29, 0.717) is 11.6 Å². The van der Waals surface area contributed by atoms with E-state index in [1.807, 2.05) is 6.92 Å². The molecule has 2 heterocycles. The second-order valence-corrected chi connectivity index (χ2v) is 3.01. The van der Waals surface area contributed by atoms with Crippen molar-refractivity contribution in [1.82, 2.24) is 15.0 Å². The van der Waals surface area contributed by atoms with Crippen LogP contribution in [0, 0.1) is 6.92 Å². The standard InChI is InChI=1S/C10H10N4O/c1-7-5-13-10(11)14-9(7)15-8-3-2-4-12-6-8/h2-6H,1H3,(H2,11,13,14). The van der Waals surface area contributed by atoms with Crippen molar-refractivity contribution < 1.29 is 4.74 Å². The number of nitrogens with zero attached hydrogens (tertiary/aromatic N) is 3. The van der Waals surface area contributed by atoms with Crippen LogP contribution in [0.3, 0.4) is 0 Å². The summed E-state index contributed by atoms with van der Waals surface area (Å²) in [5.74, 6) is 1.27. The first-order valence-corrected chi connectivity index (χ1v) is 4.43. The van der Waals surface area contributed by atoms with Gasteiger partial charge in [-0.15, -0.1) is 0 Å². The molecule has 0 saturated carbocycles. The molecule has 15 heavy (non-hydrogen) atoms. The van der Waals surface area contributed by atoms with Gasteiger partial charge >= 0.3 is 0 Å². The highest BCUT2D eigenvalue weighted by Crippen LogP contribution is 2.21. The zero-order valence-electron chi connectivity index (χ0n) is 8.21. The molecule has 0 spiro atoms. The van der Waals surface area contributed by atoms with Crippen LogP contribution in [-0.2, 0) is 0 Å². The zero-order chi connectivity index (χ0) is 10.7. The van der Waals surface area contributed by atoms with E-state index in [-0.39, 0.29) is 5.95 Å². The van der Waals surface area contributed by atoms with Gasteiger partial charge in [-0.05, 0) is 19.1 Å². The average molecular weight is 202 g/mol. The number of hydrogen-bond acceptors (Lipinski definition) is 5. The average Bonchev–Trinajstić information content (AvgIpc) is 2.25. The zero-order valence-corrected chi connectivity index (χ0v) is 8.21. The maximum Gasteiger partial charge on any atom is 0.227 e. The summed E-state index contributed by atoms with van der Waals surface area (Å²) in [5.41, 5.74) is 6.29. The van der Waals surface area contributed by atoms with Crippen LogP contribution < -0.4 is 10.5 Å². The molecule has 2 rings (SSSR count). The van der Waals surface area contributed by atoms with E-state index in [9.17, 15) is 0 Å². The van der Waals surface area contributed by atoms with Crippen LogP contribution in [-0.4, -0.2) is 15.0 Å². The first kappa shape index (κ1) is 9.39. The maximum absolute atomic E-state index is 5.50. The minimum Gasteiger partial charge on any atom is -0.437 e. The van der Waals surface area contributed by atoms with Gasteiger partial charge in [0, 0.05) is 18.0 Å². The van der Waals surface area contributed by atoms with E-state index in [2.05, 4.69) is 15.0 Å². The van der Waals surface area contributed by atoms with Gasteiger partial charge in [-0.1, -0.05) is 0 Å². The van der Waals surface area contributed by atoms with Gasteiger partial charge in [0.2, 0.25) is 11.8 Å². The van der Waals surface area contributed by atoms with Crippen LogP contribution >= 0.6 is 0 Å². The van der Waals surface area contributed by atoms with E-state index >= 15 is 0 Å². The molecule has 0 aliphatic heterocycles. The molecule has 0 aliphatic carbocycles. The van der Waals surface area contributed by atoms with Crippen molar-refractivity contribution in [3.8, 4) is 11.6 Å². The number of aromatic nitrogens is 3. The highest BCUT2D eigenvalue weighted by Gasteiger charge is 2.04. The van der Waals surface area contributed by atoms with E-state index in [0.717, 1.165) is 5.56 Å². The molecule has 2 aromatic heterocycles.